The molecule has 0 aromatic heterocycles. The van der Waals surface area contributed by atoms with Crippen LogP contribution in [0.15, 0.2) is 42.0 Å². The van der Waals surface area contributed by atoms with Crippen molar-refractivity contribution in [3.8, 4) is 0 Å². The number of allylic oxidation sites excluding steroid dienone is 8. The SMILES string of the molecule is [CH2]=[Zr+2]([C]1=CC(CCCC)=CC1)[C]1=CC(CCCC)=CC1.[Cl-].[Cl-]. The second kappa shape index (κ2) is 11.8. The van der Waals surface area contributed by atoms with E-state index in [2.05, 4.69) is 42.4 Å². The first kappa shape index (κ1) is 22.3. The van der Waals surface area contributed by atoms with Gasteiger partial charge in [-0.05, 0) is 0 Å². The molecule has 0 aromatic carbocycles. The molecule has 0 nitrogen and oxygen atoms in total. The molecule has 0 N–H and O–H groups in total. The van der Waals surface area contributed by atoms with E-state index in [1.807, 2.05) is 0 Å². The Morgan fingerprint density at radius 2 is 1.27 bits per heavy atom. The molecule has 3 heteroatoms. The molecule has 2 aliphatic rings. The van der Waals surface area contributed by atoms with Gasteiger partial charge in [0.2, 0.25) is 0 Å². The molecule has 0 heterocycles. The Morgan fingerprint density at radius 1 is 0.864 bits per heavy atom. The van der Waals surface area contributed by atoms with Gasteiger partial charge in [-0.3, -0.25) is 0 Å². The zero-order valence-electron chi connectivity index (χ0n) is 13.9. The van der Waals surface area contributed by atoms with Crippen molar-refractivity contribution in [2.75, 3.05) is 0 Å². The van der Waals surface area contributed by atoms with Crippen LogP contribution in [0.1, 0.15) is 65.2 Å². The summed E-state index contributed by atoms with van der Waals surface area (Å²) in [5.74, 6) is 0. The molecule has 0 atom stereocenters. The third kappa shape index (κ3) is 6.42. The van der Waals surface area contributed by atoms with E-state index in [0.717, 1.165) is 0 Å². The molecule has 2 aliphatic carbocycles. The number of hydrogen-bond acceptors (Lipinski definition) is 0. The molecule has 0 aliphatic heterocycles. The van der Waals surface area contributed by atoms with Gasteiger partial charge in [0.05, 0.1) is 0 Å². The van der Waals surface area contributed by atoms with E-state index in [4.69, 9.17) is 0 Å². The van der Waals surface area contributed by atoms with E-state index in [-0.39, 0.29) is 24.8 Å². The van der Waals surface area contributed by atoms with Crippen molar-refractivity contribution in [1.29, 1.82) is 0 Å². The molecule has 0 spiro atoms. The second-order valence-corrected chi connectivity index (χ2v) is 11.5. The quantitative estimate of drug-likeness (QED) is 0.515. The summed E-state index contributed by atoms with van der Waals surface area (Å²) < 4.78 is 8.06. The minimum atomic E-state index is -1.70. The van der Waals surface area contributed by atoms with E-state index in [9.17, 15) is 0 Å². The van der Waals surface area contributed by atoms with Crippen LogP contribution in [0.4, 0.5) is 0 Å². The predicted molar refractivity (Wildman–Crippen MR) is 87.7 cm³/mol. The van der Waals surface area contributed by atoms with Gasteiger partial charge in [0, 0.05) is 0 Å². The zero-order chi connectivity index (χ0) is 14.4. The van der Waals surface area contributed by atoms with Crippen molar-refractivity contribution in [2.45, 2.75) is 65.2 Å². The summed E-state index contributed by atoms with van der Waals surface area (Å²) in [7, 11) is 0. The fourth-order valence-electron chi connectivity index (χ4n) is 2.90. The molecule has 2 rings (SSSR count). The predicted octanol–water partition coefficient (Wildman–Crippen LogP) is -0.147. The van der Waals surface area contributed by atoms with Gasteiger partial charge in [0.25, 0.3) is 0 Å². The van der Waals surface area contributed by atoms with E-state index in [0.29, 0.717) is 0 Å². The van der Waals surface area contributed by atoms with Crippen LogP contribution >= 0.6 is 0 Å². The number of halogens is 2. The van der Waals surface area contributed by atoms with Gasteiger partial charge in [0.1, 0.15) is 0 Å². The monoisotopic (exact) mass is 416 g/mol. The molecule has 0 saturated carbocycles. The van der Waals surface area contributed by atoms with E-state index in [1.165, 1.54) is 51.4 Å². The summed E-state index contributed by atoms with van der Waals surface area (Å²) in [6, 6.07) is 0. The summed E-state index contributed by atoms with van der Waals surface area (Å²) in [4.78, 5) is 0. The van der Waals surface area contributed by atoms with Crippen LogP contribution < -0.4 is 24.8 Å². The van der Waals surface area contributed by atoms with Crippen molar-refractivity contribution in [3.05, 3.63) is 42.0 Å². The fraction of sp³-hybridized carbons (Fsp3) is 0.526. The summed E-state index contributed by atoms with van der Waals surface area (Å²) in [6.07, 6.45) is 20.1. The minimum Gasteiger partial charge on any atom is -1.00 e. The molecule has 122 valence electrons. The molecule has 0 unspecified atom stereocenters. The van der Waals surface area contributed by atoms with Crippen LogP contribution in [-0.4, -0.2) is 4.21 Å². The molecule has 0 amide bonds. The number of hydrogen-bond donors (Lipinski definition) is 0. The smallest absolute Gasteiger partial charge is 1.00 e. The maximum absolute atomic E-state index is 4.62. The minimum absolute atomic E-state index is 0. The molecule has 0 saturated heterocycles. The van der Waals surface area contributed by atoms with Crippen LogP contribution in [0.5, 0.6) is 0 Å². The molecule has 0 aromatic rings. The number of unbranched alkanes of at least 4 members (excludes halogenated alkanes) is 2. The van der Waals surface area contributed by atoms with Crippen LogP contribution in [0.2, 0.25) is 0 Å². The summed E-state index contributed by atoms with van der Waals surface area (Å²) >= 11 is -1.70. The molecule has 0 fully saturated rings. The molecule has 0 radical (unpaired) electrons. The van der Waals surface area contributed by atoms with Crippen molar-refractivity contribution >= 4 is 4.21 Å². The average Bonchev–Trinajstić information content (AvgIpc) is 3.11. The maximum atomic E-state index is 4.62. The Morgan fingerprint density at radius 3 is 1.64 bits per heavy atom. The fourth-order valence-corrected chi connectivity index (χ4v) is 7.40. The van der Waals surface area contributed by atoms with E-state index < -0.39 is 21.3 Å². The van der Waals surface area contributed by atoms with Crippen molar-refractivity contribution in [3.63, 3.8) is 0 Å². The first-order chi connectivity index (χ1) is 9.74. The maximum Gasteiger partial charge on any atom is -1.00 e. The first-order valence-electron chi connectivity index (χ1n) is 8.23. The van der Waals surface area contributed by atoms with E-state index in [1.54, 1.807) is 17.7 Å². The summed E-state index contributed by atoms with van der Waals surface area (Å²) in [5.41, 5.74) is 3.17. The third-order valence-corrected chi connectivity index (χ3v) is 9.83. The van der Waals surface area contributed by atoms with Crippen molar-refractivity contribution in [2.24, 2.45) is 0 Å². The van der Waals surface area contributed by atoms with Crippen LogP contribution in [0, 0.1) is 0 Å². The van der Waals surface area contributed by atoms with Gasteiger partial charge in [-0.25, -0.2) is 0 Å². The van der Waals surface area contributed by atoms with Gasteiger partial charge in [-0.15, -0.1) is 0 Å². The Labute approximate surface area is 156 Å². The van der Waals surface area contributed by atoms with Gasteiger partial charge < -0.3 is 24.8 Å². The van der Waals surface area contributed by atoms with Crippen molar-refractivity contribution in [1.82, 2.24) is 0 Å². The molecular weight excluding hydrogens is 390 g/mol. The van der Waals surface area contributed by atoms with Gasteiger partial charge in [0.15, 0.2) is 0 Å². The van der Waals surface area contributed by atoms with Crippen LogP contribution in [0.3, 0.4) is 0 Å². The Kier molecular flexibility index (Phi) is 11.9. The van der Waals surface area contributed by atoms with E-state index >= 15 is 0 Å². The zero-order valence-corrected chi connectivity index (χ0v) is 17.9. The standard InChI is InChI=1S/2C9H13.CH2.2ClH.Zr/c2*1-2-3-6-9-7-4-5-8-9;;;;/h2*7-8H,2-4,6H2,1H3;1H2;2*1H;/q;;;;;+2/p-2. The first-order valence-corrected chi connectivity index (χ1v) is 12.4. The summed E-state index contributed by atoms with van der Waals surface area (Å²) in [5, 5.41) is 0. The van der Waals surface area contributed by atoms with Crippen LogP contribution in [0.25, 0.3) is 0 Å². The second-order valence-electron chi connectivity index (χ2n) is 5.99. The summed E-state index contributed by atoms with van der Waals surface area (Å²) in [6.45, 7) is 4.55. The molecule has 0 bridgehead atoms. The topological polar surface area (TPSA) is 0 Å². The molecule has 22 heavy (non-hydrogen) atoms. The Bertz CT molecular complexity index is 452. The van der Waals surface area contributed by atoms with Crippen molar-refractivity contribution < 1.29 is 46.1 Å². The van der Waals surface area contributed by atoms with Gasteiger partial charge in [-0.2, -0.15) is 0 Å². The average molecular weight is 419 g/mol. The Balaban J connectivity index is 0.00000220. The van der Waals surface area contributed by atoms with Gasteiger partial charge >= 0.3 is 133 Å². The number of rotatable bonds is 8. The Hall–Kier alpha value is 0.293. The molecular formula is C19H28Cl2Zr. The normalized spacial score (nSPS) is 15.7. The third-order valence-electron chi connectivity index (χ3n) is 4.30. The van der Waals surface area contributed by atoms with Crippen LogP contribution in [-0.2, 0) is 21.3 Å². The van der Waals surface area contributed by atoms with Gasteiger partial charge in [-0.1, -0.05) is 0 Å². The largest absolute Gasteiger partial charge is 1.00 e.